The minimum atomic E-state index is -0.133. The summed E-state index contributed by atoms with van der Waals surface area (Å²) < 4.78 is 6.81. The van der Waals surface area contributed by atoms with Crippen LogP contribution < -0.4 is 15.0 Å². The van der Waals surface area contributed by atoms with Gasteiger partial charge < -0.3 is 24.8 Å². The Morgan fingerprint density at radius 2 is 1.89 bits per heavy atom. The van der Waals surface area contributed by atoms with Crippen molar-refractivity contribution < 1.29 is 4.74 Å². The first-order valence-corrected chi connectivity index (χ1v) is 12.6. The topological polar surface area (TPSA) is 56.4 Å². The summed E-state index contributed by atoms with van der Waals surface area (Å²) in [5.74, 6) is 0.981. The number of piperidine rings is 1. The van der Waals surface area contributed by atoms with Crippen molar-refractivity contribution in [2.24, 2.45) is 0 Å². The molecule has 1 spiro atoms. The van der Waals surface area contributed by atoms with E-state index in [4.69, 9.17) is 4.74 Å². The Morgan fingerprint density at radius 3 is 2.71 bits per heavy atom. The van der Waals surface area contributed by atoms with Crippen LogP contribution in [-0.2, 0) is 6.42 Å². The number of aryl methyl sites for hydroxylation is 1. The summed E-state index contributed by atoms with van der Waals surface area (Å²) in [4.78, 5) is 12.6. The van der Waals surface area contributed by atoms with Crippen LogP contribution in [0.3, 0.4) is 0 Å². The van der Waals surface area contributed by atoms with Gasteiger partial charge in [-0.3, -0.25) is 4.98 Å². The molecule has 180 valence electrons. The molecule has 2 aromatic carbocycles. The van der Waals surface area contributed by atoms with Crippen LogP contribution in [0.1, 0.15) is 24.0 Å². The molecule has 6 heteroatoms. The van der Waals surface area contributed by atoms with E-state index in [9.17, 15) is 0 Å². The Hall–Kier alpha value is -3.51. The second kappa shape index (κ2) is 8.93. The van der Waals surface area contributed by atoms with Gasteiger partial charge in [0.2, 0.25) is 0 Å². The van der Waals surface area contributed by atoms with Gasteiger partial charge in [-0.1, -0.05) is 18.2 Å². The van der Waals surface area contributed by atoms with Crippen LogP contribution >= 0.6 is 0 Å². The maximum absolute atomic E-state index is 6.81. The first-order valence-electron chi connectivity index (χ1n) is 12.6. The van der Waals surface area contributed by atoms with E-state index in [1.807, 2.05) is 12.1 Å². The lowest BCUT2D eigenvalue weighted by molar-refractivity contribution is 0.00707. The third-order valence-electron chi connectivity index (χ3n) is 7.63. The fourth-order valence-electron chi connectivity index (χ4n) is 5.55. The van der Waals surface area contributed by atoms with Gasteiger partial charge in [0.1, 0.15) is 11.4 Å². The van der Waals surface area contributed by atoms with E-state index in [2.05, 4.69) is 81.7 Å². The molecule has 2 aliphatic heterocycles. The summed E-state index contributed by atoms with van der Waals surface area (Å²) in [6.07, 6.45) is 8.89. The van der Waals surface area contributed by atoms with Crippen molar-refractivity contribution >= 4 is 28.0 Å². The van der Waals surface area contributed by atoms with E-state index in [1.165, 1.54) is 27.7 Å². The quantitative estimate of drug-likeness (QED) is 0.405. The predicted octanol–water partition coefficient (Wildman–Crippen LogP) is 5.52. The fraction of sp³-hybridized carbons (Fsp3) is 0.345. The average molecular weight is 468 g/mol. The molecule has 6 rings (SSSR count). The van der Waals surface area contributed by atoms with Crippen molar-refractivity contribution in [1.29, 1.82) is 0 Å². The second-order valence-corrected chi connectivity index (χ2v) is 10.1. The van der Waals surface area contributed by atoms with Crippen LogP contribution in [-0.4, -0.2) is 53.7 Å². The molecule has 1 saturated heterocycles. The zero-order valence-electron chi connectivity index (χ0n) is 20.6. The first kappa shape index (κ1) is 22.0. The molecule has 0 unspecified atom stereocenters. The van der Waals surface area contributed by atoms with Crippen molar-refractivity contribution in [3.63, 3.8) is 0 Å². The number of nitrogens with one attached hydrogen (secondary N) is 2. The number of ether oxygens (including phenoxy) is 1. The van der Waals surface area contributed by atoms with Gasteiger partial charge in [-0.2, -0.15) is 0 Å². The Labute approximate surface area is 206 Å². The fourth-order valence-corrected chi connectivity index (χ4v) is 5.55. The molecule has 2 N–H and O–H groups in total. The van der Waals surface area contributed by atoms with Crippen molar-refractivity contribution in [3.8, 4) is 5.75 Å². The van der Waals surface area contributed by atoms with E-state index in [-0.39, 0.29) is 5.60 Å². The number of H-pyrrole nitrogens is 1. The lowest BCUT2D eigenvalue weighted by atomic mass is 9.88. The number of nitrogens with zero attached hydrogens (tertiary/aromatic N) is 3. The standard InChI is InChI=1S/C29H33N5O/c1-21-4-3-5-25-22(19-31-28(21)25)10-15-34-20-29(11-16-33(2)17-12-29)35-27-18-24(6-7-26(27)34)32-23-8-13-30-14-9-23/h3-9,13-14,18-19,31H,10-12,15-17,20H2,1-2H3,(H,30,32). The number of fused-ring (bicyclic) bond motifs is 2. The molecule has 0 aliphatic carbocycles. The van der Waals surface area contributed by atoms with Crippen LogP contribution in [0.5, 0.6) is 5.75 Å². The molecule has 6 nitrogen and oxygen atoms in total. The Kier molecular flexibility index (Phi) is 5.61. The number of benzene rings is 2. The number of pyridine rings is 1. The van der Waals surface area contributed by atoms with E-state index >= 15 is 0 Å². The average Bonchev–Trinajstić information content (AvgIpc) is 3.29. The number of likely N-dealkylation sites (tertiary alicyclic amines) is 1. The SMILES string of the molecule is Cc1cccc2c(CCN3CC4(CCN(C)CC4)Oc4cc(Nc5ccncc5)ccc43)c[nH]c12. The number of hydrogen-bond donors (Lipinski definition) is 2. The number of para-hydroxylation sites is 1. The van der Waals surface area contributed by atoms with Crippen molar-refractivity contribution in [3.05, 3.63) is 78.2 Å². The van der Waals surface area contributed by atoms with Gasteiger partial charge in [0.25, 0.3) is 0 Å². The monoisotopic (exact) mass is 467 g/mol. The van der Waals surface area contributed by atoms with Gasteiger partial charge in [-0.05, 0) is 55.8 Å². The van der Waals surface area contributed by atoms with Crippen molar-refractivity contribution in [2.45, 2.75) is 31.8 Å². The molecule has 0 amide bonds. The lowest BCUT2D eigenvalue weighted by Crippen LogP contribution is -2.56. The number of anilines is 3. The van der Waals surface area contributed by atoms with Crippen LogP contribution in [0, 0.1) is 6.92 Å². The zero-order chi connectivity index (χ0) is 23.8. The van der Waals surface area contributed by atoms with E-state index in [0.717, 1.165) is 62.6 Å². The molecule has 0 radical (unpaired) electrons. The highest BCUT2D eigenvalue weighted by atomic mass is 16.5. The molecule has 0 atom stereocenters. The number of rotatable bonds is 5. The van der Waals surface area contributed by atoms with Gasteiger partial charge in [-0.25, -0.2) is 0 Å². The second-order valence-electron chi connectivity index (χ2n) is 10.1. The minimum Gasteiger partial charge on any atom is -0.483 e. The molecule has 0 saturated carbocycles. The highest BCUT2D eigenvalue weighted by Gasteiger charge is 2.41. The molecule has 2 aliphatic rings. The highest BCUT2D eigenvalue weighted by Crippen LogP contribution is 2.43. The summed E-state index contributed by atoms with van der Waals surface area (Å²) in [6.45, 7) is 6.21. The highest BCUT2D eigenvalue weighted by molar-refractivity contribution is 5.86. The number of aromatic nitrogens is 2. The van der Waals surface area contributed by atoms with Crippen LogP contribution in [0.2, 0.25) is 0 Å². The summed E-state index contributed by atoms with van der Waals surface area (Å²) in [5.41, 5.74) is 7.04. The van der Waals surface area contributed by atoms with Gasteiger partial charge in [0.05, 0.1) is 12.2 Å². The number of hydrogen-bond acceptors (Lipinski definition) is 5. The van der Waals surface area contributed by atoms with E-state index in [1.54, 1.807) is 12.4 Å². The normalized spacial score (nSPS) is 17.4. The van der Waals surface area contributed by atoms with E-state index in [0.29, 0.717) is 0 Å². The first-order chi connectivity index (χ1) is 17.1. The maximum atomic E-state index is 6.81. The Bertz CT molecular complexity index is 1320. The number of aromatic amines is 1. The molecule has 2 aromatic heterocycles. The minimum absolute atomic E-state index is 0.133. The molecular weight excluding hydrogens is 434 g/mol. The predicted molar refractivity (Wildman–Crippen MR) is 143 cm³/mol. The van der Waals surface area contributed by atoms with Crippen LogP contribution in [0.25, 0.3) is 10.9 Å². The molecule has 0 bridgehead atoms. The summed E-state index contributed by atoms with van der Waals surface area (Å²) >= 11 is 0. The third-order valence-corrected chi connectivity index (χ3v) is 7.63. The molecular formula is C29H33N5O. The van der Waals surface area contributed by atoms with Crippen LogP contribution in [0.15, 0.2) is 67.1 Å². The van der Waals surface area contributed by atoms with Crippen molar-refractivity contribution in [2.75, 3.05) is 43.4 Å². The molecule has 4 heterocycles. The maximum Gasteiger partial charge on any atom is 0.145 e. The van der Waals surface area contributed by atoms with Crippen LogP contribution in [0.4, 0.5) is 17.1 Å². The Morgan fingerprint density at radius 1 is 1.06 bits per heavy atom. The zero-order valence-corrected chi connectivity index (χ0v) is 20.6. The molecule has 4 aromatic rings. The van der Waals surface area contributed by atoms with Crippen molar-refractivity contribution in [1.82, 2.24) is 14.9 Å². The Balaban J connectivity index is 1.29. The molecule has 1 fully saturated rings. The molecule has 35 heavy (non-hydrogen) atoms. The van der Waals surface area contributed by atoms with Gasteiger partial charge in [0.15, 0.2) is 0 Å². The smallest absolute Gasteiger partial charge is 0.145 e. The summed E-state index contributed by atoms with van der Waals surface area (Å²) in [5, 5.41) is 4.83. The summed E-state index contributed by atoms with van der Waals surface area (Å²) in [7, 11) is 2.21. The van der Waals surface area contributed by atoms with Gasteiger partial charge >= 0.3 is 0 Å². The largest absolute Gasteiger partial charge is 0.483 e. The van der Waals surface area contributed by atoms with Gasteiger partial charge in [0, 0.05) is 79.4 Å². The van der Waals surface area contributed by atoms with E-state index < -0.39 is 0 Å². The lowest BCUT2D eigenvalue weighted by Gasteiger charge is -2.48. The van der Waals surface area contributed by atoms with Gasteiger partial charge in [-0.15, -0.1) is 0 Å². The third kappa shape index (κ3) is 4.34. The summed E-state index contributed by atoms with van der Waals surface area (Å²) in [6, 6.07) is 17.0.